The Morgan fingerprint density at radius 1 is 1.40 bits per heavy atom. The number of hydrogen-bond acceptors (Lipinski definition) is 4. The molecule has 0 aliphatic carbocycles. The summed E-state index contributed by atoms with van der Waals surface area (Å²) in [5, 5.41) is 3.08. The van der Waals surface area contributed by atoms with Crippen LogP contribution in [-0.2, 0) is 10.0 Å². The molecule has 1 aromatic heterocycles. The van der Waals surface area contributed by atoms with Gasteiger partial charge in [-0.15, -0.1) is 0 Å². The van der Waals surface area contributed by atoms with Crippen LogP contribution in [0.2, 0.25) is 5.02 Å². The van der Waals surface area contributed by atoms with Gasteiger partial charge in [0, 0.05) is 26.3 Å². The van der Waals surface area contributed by atoms with Crippen LogP contribution in [0, 0.1) is 5.41 Å². The van der Waals surface area contributed by atoms with E-state index in [0.717, 1.165) is 0 Å². The number of nitrogens with zero attached hydrogens (tertiary/aromatic N) is 2. The molecule has 1 heterocycles. The van der Waals surface area contributed by atoms with E-state index in [1.54, 1.807) is 14.1 Å². The third-order valence-corrected chi connectivity index (χ3v) is 5.71. The fourth-order valence-corrected chi connectivity index (χ4v) is 3.51. The van der Waals surface area contributed by atoms with Gasteiger partial charge >= 0.3 is 0 Å². The van der Waals surface area contributed by atoms with Crippen LogP contribution in [0.4, 0.5) is 5.82 Å². The summed E-state index contributed by atoms with van der Waals surface area (Å²) in [4.78, 5) is 4.12. The number of halogens is 1. The maximum atomic E-state index is 12.6. The summed E-state index contributed by atoms with van der Waals surface area (Å²) in [5.74, 6) is 0.456. The van der Waals surface area contributed by atoms with E-state index in [-0.39, 0.29) is 21.4 Å². The maximum Gasteiger partial charge on any atom is 0.244 e. The van der Waals surface area contributed by atoms with Gasteiger partial charge in [-0.05, 0) is 18.4 Å². The van der Waals surface area contributed by atoms with Gasteiger partial charge in [-0.2, -0.15) is 4.31 Å². The second kappa shape index (κ2) is 5.87. The van der Waals surface area contributed by atoms with Crippen molar-refractivity contribution in [1.82, 2.24) is 9.29 Å². The van der Waals surface area contributed by atoms with Crippen LogP contribution >= 0.6 is 11.6 Å². The fourth-order valence-electron chi connectivity index (χ4n) is 1.67. The Kier molecular flexibility index (Phi) is 5.05. The number of anilines is 1. The Morgan fingerprint density at radius 2 is 1.95 bits per heavy atom. The van der Waals surface area contributed by atoms with E-state index in [1.807, 2.05) is 27.7 Å². The van der Waals surface area contributed by atoms with E-state index in [2.05, 4.69) is 10.3 Å². The Bertz CT molecular complexity index is 582. The third-order valence-electron chi connectivity index (χ3n) is 3.53. The van der Waals surface area contributed by atoms with Gasteiger partial charge < -0.3 is 5.32 Å². The summed E-state index contributed by atoms with van der Waals surface area (Å²) in [6, 6.07) is 1.26. The first-order chi connectivity index (χ1) is 9.01. The van der Waals surface area contributed by atoms with Crippen molar-refractivity contribution in [2.24, 2.45) is 5.41 Å². The lowest BCUT2D eigenvalue weighted by molar-refractivity contribution is 0.216. The zero-order valence-electron chi connectivity index (χ0n) is 12.7. The highest BCUT2D eigenvalue weighted by Crippen LogP contribution is 2.29. The highest BCUT2D eigenvalue weighted by molar-refractivity contribution is 7.89. The molecule has 0 spiro atoms. The summed E-state index contributed by atoms with van der Waals surface area (Å²) in [7, 11) is -0.359. The zero-order valence-corrected chi connectivity index (χ0v) is 14.3. The van der Waals surface area contributed by atoms with E-state index in [4.69, 9.17) is 11.6 Å². The SMILES string of the molecule is CNc1ncc(S(=O)(=O)N(C)C(C)C(C)(C)C)cc1Cl. The minimum absolute atomic E-state index is 0.0973. The molecular formula is C13H22ClN3O2S. The molecule has 20 heavy (non-hydrogen) atoms. The Balaban J connectivity index is 3.20. The van der Waals surface area contributed by atoms with Crippen molar-refractivity contribution in [3.63, 3.8) is 0 Å². The number of sulfonamides is 1. The zero-order chi connectivity index (χ0) is 15.7. The standard InChI is InChI=1S/C13H22ClN3O2S/c1-9(13(2,3)4)17(6)20(18,19)10-7-11(14)12(15-5)16-8-10/h7-9H,1-6H3,(H,15,16). The molecule has 5 nitrogen and oxygen atoms in total. The van der Waals surface area contributed by atoms with Crippen LogP contribution in [0.5, 0.6) is 0 Å². The summed E-state index contributed by atoms with van der Waals surface area (Å²) in [6.45, 7) is 7.88. The topological polar surface area (TPSA) is 62.3 Å². The number of aromatic nitrogens is 1. The van der Waals surface area contributed by atoms with E-state index in [1.165, 1.54) is 16.6 Å². The third kappa shape index (κ3) is 3.42. The molecule has 1 N–H and O–H groups in total. The molecule has 0 saturated heterocycles. The minimum atomic E-state index is -3.61. The van der Waals surface area contributed by atoms with Gasteiger partial charge in [-0.1, -0.05) is 32.4 Å². The molecule has 114 valence electrons. The van der Waals surface area contributed by atoms with Crippen molar-refractivity contribution in [1.29, 1.82) is 0 Å². The van der Waals surface area contributed by atoms with Crippen LogP contribution in [0.3, 0.4) is 0 Å². The van der Waals surface area contributed by atoms with Gasteiger partial charge in [-0.25, -0.2) is 13.4 Å². The maximum absolute atomic E-state index is 12.6. The summed E-state index contributed by atoms with van der Waals surface area (Å²) in [6.07, 6.45) is 1.32. The molecule has 0 fully saturated rings. The number of rotatable bonds is 4. The fraction of sp³-hybridized carbons (Fsp3) is 0.615. The van der Waals surface area contributed by atoms with Gasteiger partial charge in [0.25, 0.3) is 0 Å². The van der Waals surface area contributed by atoms with Crippen LogP contribution in [0.1, 0.15) is 27.7 Å². The second-order valence-electron chi connectivity index (χ2n) is 5.81. The normalized spacial score (nSPS) is 14.4. The molecule has 0 aliphatic rings. The second-order valence-corrected chi connectivity index (χ2v) is 8.22. The lowest BCUT2D eigenvalue weighted by atomic mass is 9.88. The molecule has 0 aromatic carbocycles. The van der Waals surface area contributed by atoms with Crippen molar-refractivity contribution in [2.75, 3.05) is 19.4 Å². The first-order valence-corrected chi connectivity index (χ1v) is 8.15. The van der Waals surface area contributed by atoms with E-state index >= 15 is 0 Å². The van der Waals surface area contributed by atoms with E-state index in [0.29, 0.717) is 5.82 Å². The number of hydrogen-bond donors (Lipinski definition) is 1. The van der Waals surface area contributed by atoms with Crippen LogP contribution in [0.15, 0.2) is 17.2 Å². The van der Waals surface area contributed by atoms with E-state index < -0.39 is 10.0 Å². The average molecular weight is 320 g/mol. The molecule has 0 aliphatic heterocycles. The van der Waals surface area contributed by atoms with Crippen molar-refractivity contribution >= 4 is 27.4 Å². The summed E-state index contributed by atoms with van der Waals surface area (Å²) in [5.41, 5.74) is -0.163. The predicted molar refractivity (Wildman–Crippen MR) is 82.7 cm³/mol. The molecule has 1 atom stereocenters. The average Bonchev–Trinajstić information content (AvgIpc) is 2.35. The van der Waals surface area contributed by atoms with E-state index in [9.17, 15) is 8.42 Å². The minimum Gasteiger partial charge on any atom is -0.372 e. The Labute approximate surface area is 126 Å². The monoisotopic (exact) mass is 319 g/mol. The van der Waals surface area contributed by atoms with Crippen molar-refractivity contribution in [2.45, 2.75) is 38.6 Å². The molecule has 0 bridgehead atoms. The van der Waals surface area contributed by atoms with Crippen LogP contribution in [-0.4, -0.2) is 37.8 Å². The highest BCUT2D eigenvalue weighted by atomic mass is 35.5. The predicted octanol–water partition coefficient (Wildman–Crippen LogP) is 2.83. The molecule has 0 saturated carbocycles. The molecule has 0 amide bonds. The van der Waals surface area contributed by atoms with Crippen molar-refractivity contribution < 1.29 is 8.42 Å². The lowest BCUT2D eigenvalue weighted by Gasteiger charge is -2.34. The van der Waals surface area contributed by atoms with Gasteiger partial charge in [0.2, 0.25) is 10.0 Å². The van der Waals surface area contributed by atoms with Crippen molar-refractivity contribution in [3.05, 3.63) is 17.3 Å². The lowest BCUT2D eigenvalue weighted by Crippen LogP contribution is -2.42. The first-order valence-electron chi connectivity index (χ1n) is 6.33. The number of nitrogens with one attached hydrogen (secondary N) is 1. The van der Waals surface area contributed by atoms with Crippen molar-refractivity contribution in [3.8, 4) is 0 Å². The van der Waals surface area contributed by atoms with Gasteiger partial charge in [0.1, 0.15) is 10.7 Å². The van der Waals surface area contributed by atoms with Gasteiger partial charge in [0.05, 0.1) is 5.02 Å². The summed E-state index contributed by atoms with van der Waals surface area (Å²) >= 11 is 6.00. The first kappa shape index (κ1) is 17.2. The molecule has 1 aromatic rings. The number of pyridine rings is 1. The van der Waals surface area contributed by atoms with Crippen LogP contribution in [0.25, 0.3) is 0 Å². The Morgan fingerprint density at radius 3 is 2.35 bits per heavy atom. The summed E-state index contributed by atoms with van der Waals surface area (Å²) < 4.78 is 26.5. The van der Waals surface area contributed by atoms with Crippen LogP contribution < -0.4 is 5.32 Å². The molecular weight excluding hydrogens is 298 g/mol. The molecule has 1 unspecified atom stereocenters. The molecule has 0 radical (unpaired) electrons. The Hall–Kier alpha value is -0.850. The molecule has 7 heteroatoms. The smallest absolute Gasteiger partial charge is 0.244 e. The van der Waals surface area contributed by atoms with Gasteiger partial charge in [0.15, 0.2) is 0 Å². The largest absolute Gasteiger partial charge is 0.372 e. The molecule has 1 rings (SSSR count). The quantitative estimate of drug-likeness (QED) is 0.927. The highest BCUT2D eigenvalue weighted by Gasteiger charge is 2.32. The van der Waals surface area contributed by atoms with Gasteiger partial charge in [-0.3, -0.25) is 0 Å².